The number of rotatable bonds is 5. The Hall–Kier alpha value is -2.01. The fourth-order valence-electron chi connectivity index (χ4n) is 1.87. The first-order valence-corrected chi connectivity index (χ1v) is 6.67. The minimum absolute atomic E-state index is 0.232. The molecule has 1 heterocycles. The Morgan fingerprint density at radius 3 is 2.85 bits per heavy atom. The molecule has 0 aliphatic rings. The summed E-state index contributed by atoms with van der Waals surface area (Å²) in [7, 11) is 0. The monoisotopic (exact) mass is 275 g/mol. The van der Waals surface area contributed by atoms with Crippen molar-refractivity contribution in [3.63, 3.8) is 0 Å². The maximum atomic E-state index is 13.6. The molecule has 0 aliphatic carbocycles. The highest BCUT2D eigenvalue weighted by atomic mass is 19.1. The van der Waals surface area contributed by atoms with Gasteiger partial charge in [-0.1, -0.05) is 19.1 Å². The second-order valence-electron chi connectivity index (χ2n) is 4.73. The van der Waals surface area contributed by atoms with Crippen LogP contribution in [-0.4, -0.2) is 16.5 Å². The molecule has 0 spiro atoms. The molecule has 0 saturated carbocycles. The number of aryl methyl sites for hydroxylation is 1. The molecule has 4 nitrogen and oxygen atoms in total. The number of hydrogen-bond donors (Lipinski definition) is 2. The van der Waals surface area contributed by atoms with Crippen LogP contribution >= 0.6 is 0 Å². The summed E-state index contributed by atoms with van der Waals surface area (Å²) >= 11 is 0. The topological polar surface area (TPSA) is 57.8 Å². The molecule has 1 aromatic carbocycles. The zero-order chi connectivity index (χ0) is 14.5. The van der Waals surface area contributed by atoms with E-state index in [1.165, 1.54) is 12.1 Å². The third kappa shape index (κ3) is 3.51. The second-order valence-corrected chi connectivity index (χ2v) is 4.73. The van der Waals surface area contributed by atoms with E-state index >= 15 is 0 Å². The Kier molecular flexibility index (Phi) is 4.63. The summed E-state index contributed by atoms with van der Waals surface area (Å²) < 4.78 is 13.6. The zero-order valence-corrected chi connectivity index (χ0v) is 11.7. The van der Waals surface area contributed by atoms with Crippen LogP contribution in [0, 0.1) is 12.7 Å². The van der Waals surface area contributed by atoms with Gasteiger partial charge in [0, 0.05) is 18.2 Å². The Balaban J connectivity index is 2.31. The molecule has 0 fully saturated rings. The van der Waals surface area contributed by atoms with Gasteiger partial charge in [-0.3, -0.25) is 4.79 Å². The van der Waals surface area contributed by atoms with Gasteiger partial charge in [0.2, 0.25) is 0 Å². The maximum absolute atomic E-state index is 13.6. The summed E-state index contributed by atoms with van der Waals surface area (Å²) in [6.07, 6.45) is 1.01. The number of nitrogens with one attached hydrogen (secondary N) is 2. The highest BCUT2D eigenvalue weighted by Gasteiger charge is 2.06. The smallest absolute Gasteiger partial charge is 0.251 e. The van der Waals surface area contributed by atoms with Crippen molar-refractivity contribution < 1.29 is 4.39 Å². The van der Waals surface area contributed by atoms with Gasteiger partial charge in [-0.15, -0.1) is 0 Å². The number of H-pyrrole nitrogens is 1. The standard InChI is InChI=1S/C15H18FN3O/c1-3-6-17-9-12-8-14(20)19-15(18-12)11-5-4-10(2)13(16)7-11/h4-5,7-8,17H,3,6,9H2,1-2H3,(H,18,19,20). The van der Waals surface area contributed by atoms with Crippen molar-refractivity contribution in [3.05, 3.63) is 51.7 Å². The van der Waals surface area contributed by atoms with Crippen molar-refractivity contribution in [2.75, 3.05) is 6.54 Å². The molecule has 1 aromatic heterocycles. The summed E-state index contributed by atoms with van der Waals surface area (Å²) in [5.74, 6) is 0.0874. The summed E-state index contributed by atoms with van der Waals surface area (Å²) in [6.45, 7) is 5.15. The number of nitrogens with zero attached hydrogens (tertiary/aromatic N) is 1. The van der Waals surface area contributed by atoms with E-state index in [2.05, 4.69) is 22.2 Å². The van der Waals surface area contributed by atoms with Crippen molar-refractivity contribution in [2.45, 2.75) is 26.8 Å². The molecule has 0 saturated heterocycles. The lowest BCUT2D eigenvalue weighted by Crippen LogP contribution is -2.18. The average Bonchev–Trinajstić information content (AvgIpc) is 2.41. The first-order chi connectivity index (χ1) is 9.60. The van der Waals surface area contributed by atoms with Gasteiger partial charge in [0.1, 0.15) is 11.6 Å². The normalized spacial score (nSPS) is 10.8. The molecule has 20 heavy (non-hydrogen) atoms. The van der Waals surface area contributed by atoms with Crippen LogP contribution < -0.4 is 10.9 Å². The minimum Gasteiger partial charge on any atom is -0.311 e. The molecule has 0 amide bonds. The number of aromatic amines is 1. The van der Waals surface area contributed by atoms with Crippen molar-refractivity contribution in [3.8, 4) is 11.4 Å². The van der Waals surface area contributed by atoms with E-state index in [0.717, 1.165) is 13.0 Å². The molecule has 106 valence electrons. The lowest BCUT2D eigenvalue weighted by atomic mass is 10.1. The molecule has 0 radical (unpaired) electrons. The van der Waals surface area contributed by atoms with E-state index in [4.69, 9.17) is 0 Å². The number of aromatic nitrogens is 2. The van der Waals surface area contributed by atoms with Crippen LogP contribution in [0.15, 0.2) is 29.1 Å². The van der Waals surface area contributed by atoms with Crippen molar-refractivity contribution in [2.24, 2.45) is 0 Å². The summed E-state index contributed by atoms with van der Waals surface area (Å²) in [6, 6.07) is 6.26. The van der Waals surface area contributed by atoms with Gasteiger partial charge in [0.25, 0.3) is 5.56 Å². The van der Waals surface area contributed by atoms with E-state index in [1.54, 1.807) is 19.1 Å². The van der Waals surface area contributed by atoms with E-state index in [-0.39, 0.29) is 11.4 Å². The van der Waals surface area contributed by atoms with Crippen LogP contribution in [0.1, 0.15) is 24.6 Å². The van der Waals surface area contributed by atoms with Gasteiger partial charge in [-0.05, 0) is 31.5 Å². The van der Waals surface area contributed by atoms with Crippen LogP contribution in [0.5, 0.6) is 0 Å². The third-order valence-electron chi connectivity index (χ3n) is 2.97. The lowest BCUT2D eigenvalue weighted by Gasteiger charge is -2.06. The molecular formula is C15H18FN3O. The minimum atomic E-state index is -0.306. The summed E-state index contributed by atoms with van der Waals surface area (Å²) in [4.78, 5) is 18.7. The predicted octanol–water partition coefficient (Wildman–Crippen LogP) is 2.38. The Morgan fingerprint density at radius 2 is 2.15 bits per heavy atom. The Labute approximate surface area is 117 Å². The summed E-state index contributed by atoms with van der Waals surface area (Å²) in [5, 5.41) is 3.19. The number of benzene rings is 1. The molecule has 2 rings (SSSR count). The summed E-state index contributed by atoms with van der Waals surface area (Å²) in [5.41, 5.74) is 1.56. The van der Waals surface area contributed by atoms with Gasteiger partial charge in [0.05, 0.1) is 5.69 Å². The Bertz CT molecular complexity index is 652. The van der Waals surface area contributed by atoms with Crippen LogP contribution in [0.3, 0.4) is 0 Å². The molecule has 0 atom stereocenters. The highest BCUT2D eigenvalue weighted by molar-refractivity contribution is 5.55. The predicted molar refractivity (Wildman–Crippen MR) is 77.0 cm³/mol. The number of hydrogen-bond acceptors (Lipinski definition) is 3. The fraction of sp³-hybridized carbons (Fsp3) is 0.333. The van der Waals surface area contributed by atoms with E-state index < -0.39 is 0 Å². The molecule has 5 heteroatoms. The molecule has 2 N–H and O–H groups in total. The molecule has 0 aliphatic heterocycles. The van der Waals surface area contributed by atoms with E-state index in [9.17, 15) is 9.18 Å². The number of halogens is 1. The van der Waals surface area contributed by atoms with Gasteiger partial charge in [-0.25, -0.2) is 9.37 Å². The van der Waals surface area contributed by atoms with Crippen molar-refractivity contribution >= 4 is 0 Å². The first-order valence-electron chi connectivity index (χ1n) is 6.67. The van der Waals surface area contributed by atoms with Crippen LogP contribution in [0.4, 0.5) is 4.39 Å². The average molecular weight is 275 g/mol. The third-order valence-corrected chi connectivity index (χ3v) is 2.97. The van der Waals surface area contributed by atoms with E-state index in [1.807, 2.05) is 0 Å². The molecule has 2 aromatic rings. The van der Waals surface area contributed by atoms with Gasteiger partial charge < -0.3 is 10.3 Å². The van der Waals surface area contributed by atoms with Gasteiger partial charge in [-0.2, -0.15) is 0 Å². The maximum Gasteiger partial charge on any atom is 0.251 e. The van der Waals surface area contributed by atoms with Crippen LogP contribution in [0.2, 0.25) is 0 Å². The Morgan fingerprint density at radius 1 is 1.35 bits per heavy atom. The second kappa shape index (κ2) is 6.43. The van der Waals surface area contributed by atoms with Crippen LogP contribution in [-0.2, 0) is 6.54 Å². The fourth-order valence-corrected chi connectivity index (χ4v) is 1.87. The van der Waals surface area contributed by atoms with E-state index in [0.29, 0.717) is 29.2 Å². The van der Waals surface area contributed by atoms with Crippen molar-refractivity contribution in [1.82, 2.24) is 15.3 Å². The van der Waals surface area contributed by atoms with Gasteiger partial charge in [0.15, 0.2) is 0 Å². The molecular weight excluding hydrogens is 257 g/mol. The largest absolute Gasteiger partial charge is 0.311 e. The zero-order valence-electron chi connectivity index (χ0n) is 11.7. The lowest BCUT2D eigenvalue weighted by molar-refractivity contribution is 0.619. The van der Waals surface area contributed by atoms with Gasteiger partial charge >= 0.3 is 0 Å². The van der Waals surface area contributed by atoms with Crippen LogP contribution in [0.25, 0.3) is 11.4 Å². The SMILES string of the molecule is CCCNCc1cc(=O)[nH]c(-c2ccc(C)c(F)c2)n1. The molecule has 0 bridgehead atoms. The first kappa shape index (κ1) is 14.4. The quantitative estimate of drug-likeness (QED) is 0.824. The van der Waals surface area contributed by atoms with Crippen molar-refractivity contribution in [1.29, 1.82) is 0 Å². The highest BCUT2D eigenvalue weighted by Crippen LogP contribution is 2.17. The molecule has 0 unspecified atom stereocenters.